The summed E-state index contributed by atoms with van der Waals surface area (Å²) >= 11 is 0. The summed E-state index contributed by atoms with van der Waals surface area (Å²) in [7, 11) is 0. The van der Waals surface area contributed by atoms with Crippen LogP contribution >= 0.6 is 0 Å². The molecular formula is C22H42O3. The van der Waals surface area contributed by atoms with Crippen molar-refractivity contribution in [3.8, 4) is 0 Å². The standard InChI is InChI=1S/C22H42O3/c1-2-3-4-5-6-7-8-9-10-11-12-13-14-15-16-19-22(24)25-21-18-17-20-23/h18,21,23H,2-17,19-20H2,1H3/b21-18+. The predicted molar refractivity (Wildman–Crippen MR) is 106 cm³/mol. The fourth-order valence-corrected chi connectivity index (χ4v) is 2.97. The van der Waals surface area contributed by atoms with Gasteiger partial charge in [0.2, 0.25) is 0 Å². The Morgan fingerprint density at radius 2 is 1.20 bits per heavy atom. The maximum atomic E-state index is 11.4. The Bertz CT molecular complexity index is 300. The van der Waals surface area contributed by atoms with Gasteiger partial charge in [0, 0.05) is 13.0 Å². The molecule has 1 N–H and O–H groups in total. The van der Waals surface area contributed by atoms with Crippen molar-refractivity contribution in [3.63, 3.8) is 0 Å². The Hall–Kier alpha value is -0.830. The third-order valence-electron chi connectivity index (χ3n) is 4.58. The molecule has 0 aromatic carbocycles. The number of unbranched alkanes of at least 4 members (excludes halogenated alkanes) is 14. The molecule has 0 spiro atoms. The van der Waals surface area contributed by atoms with Crippen molar-refractivity contribution in [2.24, 2.45) is 0 Å². The van der Waals surface area contributed by atoms with Crippen LogP contribution in [0.25, 0.3) is 0 Å². The highest BCUT2D eigenvalue weighted by Crippen LogP contribution is 2.13. The summed E-state index contributed by atoms with van der Waals surface area (Å²) in [6.07, 6.45) is 24.0. The van der Waals surface area contributed by atoms with E-state index in [9.17, 15) is 4.79 Å². The Balaban J connectivity index is 3.12. The van der Waals surface area contributed by atoms with Crippen LogP contribution in [0, 0.1) is 0 Å². The van der Waals surface area contributed by atoms with Gasteiger partial charge in [-0.1, -0.05) is 96.8 Å². The lowest BCUT2D eigenvalue weighted by Crippen LogP contribution is -1.99. The van der Waals surface area contributed by atoms with E-state index in [2.05, 4.69) is 6.92 Å². The van der Waals surface area contributed by atoms with Crippen LogP contribution in [0.1, 0.15) is 116 Å². The summed E-state index contributed by atoms with van der Waals surface area (Å²) in [5, 5.41) is 8.59. The second kappa shape index (κ2) is 21.2. The van der Waals surface area contributed by atoms with Gasteiger partial charge in [-0.25, -0.2) is 0 Å². The monoisotopic (exact) mass is 354 g/mol. The highest BCUT2D eigenvalue weighted by molar-refractivity contribution is 5.69. The number of aliphatic hydroxyl groups excluding tert-OH is 1. The summed E-state index contributed by atoms with van der Waals surface area (Å²) in [5.74, 6) is -0.163. The van der Waals surface area contributed by atoms with E-state index < -0.39 is 0 Å². The van der Waals surface area contributed by atoms with Crippen LogP contribution in [-0.4, -0.2) is 17.7 Å². The highest BCUT2D eigenvalue weighted by Gasteiger charge is 2.00. The van der Waals surface area contributed by atoms with Crippen molar-refractivity contribution in [2.45, 2.75) is 116 Å². The van der Waals surface area contributed by atoms with Crippen molar-refractivity contribution in [1.82, 2.24) is 0 Å². The minimum atomic E-state index is -0.163. The number of carbonyl (C=O) groups is 1. The van der Waals surface area contributed by atoms with E-state index in [0.29, 0.717) is 12.8 Å². The second-order valence-electron chi connectivity index (χ2n) is 7.07. The van der Waals surface area contributed by atoms with Crippen LogP contribution in [-0.2, 0) is 9.53 Å². The van der Waals surface area contributed by atoms with Gasteiger partial charge in [-0.3, -0.25) is 4.79 Å². The first-order valence-corrected chi connectivity index (χ1v) is 10.8. The molecule has 148 valence electrons. The van der Waals surface area contributed by atoms with Gasteiger partial charge >= 0.3 is 5.97 Å². The smallest absolute Gasteiger partial charge is 0.310 e. The van der Waals surface area contributed by atoms with Gasteiger partial charge in [0.15, 0.2) is 0 Å². The van der Waals surface area contributed by atoms with E-state index in [-0.39, 0.29) is 12.6 Å². The number of esters is 1. The average molecular weight is 355 g/mol. The van der Waals surface area contributed by atoms with Crippen molar-refractivity contribution in [3.05, 3.63) is 12.3 Å². The zero-order valence-electron chi connectivity index (χ0n) is 16.6. The minimum absolute atomic E-state index is 0.0904. The van der Waals surface area contributed by atoms with Gasteiger partial charge in [0.25, 0.3) is 0 Å². The van der Waals surface area contributed by atoms with Crippen molar-refractivity contribution >= 4 is 5.97 Å². The maximum absolute atomic E-state index is 11.4. The van der Waals surface area contributed by atoms with Crippen molar-refractivity contribution in [1.29, 1.82) is 0 Å². The zero-order valence-corrected chi connectivity index (χ0v) is 16.6. The van der Waals surface area contributed by atoms with Crippen LogP contribution in [0.4, 0.5) is 0 Å². The molecule has 0 aromatic rings. The van der Waals surface area contributed by atoms with Crippen LogP contribution in [0.5, 0.6) is 0 Å². The zero-order chi connectivity index (χ0) is 18.4. The van der Waals surface area contributed by atoms with E-state index in [1.807, 2.05) is 0 Å². The maximum Gasteiger partial charge on any atom is 0.310 e. The Labute approximate surface area is 156 Å². The van der Waals surface area contributed by atoms with Crippen molar-refractivity contribution < 1.29 is 14.6 Å². The number of rotatable bonds is 19. The number of aliphatic hydroxyl groups is 1. The molecule has 25 heavy (non-hydrogen) atoms. The van der Waals surface area contributed by atoms with Crippen molar-refractivity contribution in [2.75, 3.05) is 6.61 Å². The topological polar surface area (TPSA) is 46.5 Å². The van der Waals surface area contributed by atoms with Gasteiger partial charge < -0.3 is 9.84 Å². The molecule has 0 rings (SSSR count). The Morgan fingerprint density at radius 3 is 1.64 bits per heavy atom. The molecule has 0 radical (unpaired) electrons. The first kappa shape index (κ1) is 24.2. The lowest BCUT2D eigenvalue weighted by atomic mass is 10.0. The fraction of sp³-hybridized carbons (Fsp3) is 0.864. The molecule has 0 saturated carbocycles. The molecule has 0 aromatic heterocycles. The normalized spacial score (nSPS) is 11.3. The molecule has 0 aliphatic rings. The minimum Gasteiger partial charge on any atom is -0.435 e. The highest BCUT2D eigenvalue weighted by atomic mass is 16.5. The molecule has 0 saturated heterocycles. The first-order chi connectivity index (χ1) is 12.3. The molecule has 0 bridgehead atoms. The van der Waals surface area contributed by atoms with Crippen LogP contribution in [0.2, 0.25) is 0 Å². The predicted octanol–water partition coefficient (Wildman–Crippen LogP) is 6.69. The Kier molecular flexibility index (Phi) is 20.5. The Morgan fingerprint density at radius 1 is 0.760 bits per heavy atom. The van der Waals surface area contributed by atoms with E-state index >= 15 is 0 Å². The molecule has 0 aliphatic carbocycles. The van der Waals surface area contributed by atoms with Crippen LogP contribution < -0.4 is 0 Å². The lowest BCUT2D eigenvalue weighted by Gasteiger charge is -2.03. The molecule has 0 amide bonds. The SMILES string of the molecule is CCCCCCCCCCCCCCCCCC(=O)O/C=C/CCO. The number of hydrogen-bond donors (Lipinski definition) is 1. The van der Waals surface area contributed by atoms with E-state index in [0.717, 1.165) is 12.8 Å². The van der Waals surface area contributed by atoms with E-state index in [1.54, 1.807) is 6.08 Å². The molecular weight excluding hydrogens is 312 g/mol. The summed E-state index contributed by atoms with van der Waals surface area (Å²) in [5.41, 5.74) is 0. The molecule has 0 unspecified atom stereocenters. The van der Waals surface area contributed by atoms with Crippen LogP contribution in [0.15, 0.2) is 12.3 Å². The molecule has 0 fully saturated rings. The molecule has 0 atom stereocenters. The number of carbonyl (C=O) groups excluding carboxylic acids is 1. The summed E-state index contributed by atoms with van der Waals surface area (Å²) in [4.78, 5) is 11.4. The lowest BCUT2D eigenvalue weighted by molar-refractivity contribution is -0.138. The van der Waals surface area contributed by atoms with Crippen LogP contribution in [0.3, 0.4) is 0 Å². The van der Waals surface area contributed by atoms with Gasteiger partial charge in [0.05, 0.1) is 6.26 Å². The largest absolute Gasteiger partial charge is 0.435 e. The summed E-state index contributed by atoms with van der Waals surface area (Å²) < 4.78 is 4.93. The van der Waals surface area contributed by atoms with E-state index in [4.69, 9.17) is 9.84 Å². The van der Waals surface area contributed by atoms with Gasteiger partial charge in [-0.15, -0.1) is 0 Å². The van der Waals surface area contributed by atoms with Gasteiger partial charge in [-0.05, 0) is 18.9 Å². The molecule has 3 nitrogen and oxygen atoms in total. The number of ether oxygens (including phenoxy) is 1. The second-order valence-corrected chi connectivity index (χ2v) is 7.07. The average Bonchev–Trinajstić information content (AvgIpc) is 2.62. The summed E-state index contributed by atoms with van der Waals surface area (Å²) in [6.45, 7) is 2.36. The summed E-state index contributed by atoms with van der Waals surface area (Å²) in [6, 6.07) is 0. The molecule has 0 heterocycles. The van der Waals surface area contributed by atoms with E-state index in [1.165, 1.54) is 89.7 Å². The van der Waals surface area contributed by atoms with Gasteiger partial charge in [-0.2, -0.15) is 0 Å². The molecule has 3 heteroatoms. The third-order valence-corrected chi connectivity index (χ3v) is 4.58. The fourth-order valence-electron chi connectivity index (χ4n) is 2.97. The first-order valence-electron chi connectivity index (χ1n) is 10.8. The number of hydrogen-bond acceptors (Lipinski definition) is 3. The molecule has 0 aliphatic heterocycles. The quantitative estimate of drug-likeness (QED) is 0.160. The third kappa shape index (κ3) is 21.1. The van der Waals surface area contributed by atoms with Gasteiger partial charge in [0.1, 0.15) is 0 Å².